The van der Waals surface area contributed by atoms with E-state index in [1.165, 1.54) is 33.7 Å². The molecule has 0 aromatic carbocycles. The van der Waals surface area contributed by atoms with E-state index in [1.807, 2.05) is 0 Å². The zero-order valence-corrected chi connectivity index (χ0v) is 19.6. The van der Waals surface area contributed by atoms with Gasteiger partial charge in [0.1, 0.15) is 0 Å². The van der Waals surface area contributed by atoms with Crippen molar-refractivity contribution < 1.29 is 6.65 Å². The van der Waals surface area contributed by atoms with E-state index in [0.717, 1.165) is 0 Å². The quantitative estimate of drug-likeness (QED) is 0.320. The summed E-state index contributed by atoms with van der Waals surface area (Å²) >= 11 is 0. The Kier molecular flexibility index (Phi) is 0.884. The van der Waals surface area contributed by atoms with Gasteiger partial charge in [0.15, 0.2) is 0 Å². The molecular weight excluding hydrogens is 378 g/mol. The minimum absolute atomic E-state index is 0.441. The van der Waals surface area contributed by atoms with E-state index in [2.05, 4.69) is 27.7 Å². The first-order valence-electron chi connectivity index (χ1n) is 12.0. The molecule has 10 rings (SSSR count). The molecule has 140 valence electrons. The second-order valence-electron chi connectivity index (χ2n) is 14.8. The van der Waals surface area contributed by atoms with Gasteiger partial charge in [0.2, 0.25) is 0 Å². The molecule has 10 saturated heterocycles. The topological polar surface area (TPSA) is 0 Å². The van der Waals surface area contributed by atoms with Crippen LogP contribution in [0, 0.1) is 0 Å². The van der Waals surface area contributed by atoms with Crippen molar-refractivity contribution >= 4 is 15.8 Å². The second-order valence-corrected chi connectivity index (χ2v) is 47.9. The van der Waals surface area contributed by atoms with Crippen molar-refractivity contribution in [3.63, 3.8) is 0 Å². The molecule has 10 heterocycles. The average Bonchev–Trinajstić information content (AvgIpc) is 3.54. The maximum atomic E-state index is 2.53. The predicted molar refractivity (Wildman–Crippen MR) is 110 cm³/mol. The summed E-state index contributed by atoms with van der Waals surface area (Å²) < 4.78 is 14.9. The Labute approximate surface area is 146 Å². The van der Waals surface area contributed by atoms with Gasteiger partial charge < -0.3 is 0 Å². The third-order valence-corrected chi connectivity index (χ3v) is 86.5. The molecule has 0 saturated carbocycles. The Balaban J connectivity index is 1.32. The third kappa shape index (κ3) is 0.218. The normalized spacial score (nSPS) is 88.4. The molecular formula is C22H36CrP2. The van der Waals surface area contributed by atoms with Crippen molar-refractivity contribution in [2.45, 2.75) is 99.7 Å². The second kappa shape index (κ2) is 1.63. The van der Waals surface area contributed by atoms with Crippen molar-refractivity contribution in [2.75, 3.05) is 24.6 Å². The van der Waals surface area contributed by atoms with Gasteiger partial charge in [-0.3, -0.25) is 0 Å². The summed E-state index contributed by atoms with van der Waals surface area (Å²) in [6.07, 6.45) is 12.9. The molecule has 1 spiro atoms. The van der Waals surface area contributed by atoms with E-state index in [-0.39, 0.29) is 0 Å². The molecule has 4 unspecified atom stereocenters. The fraction of sp³-hybridized carbons (Fsp3) is 1.00. The molecule has 0 aliphatic carbocycles. The standard InChI is InChI=1S/C17H31P2.C5H5.Cr/c1-5-12-18(13-6-2)16-10-9-11-17(16)19(14-7-3)15-8-4;1-2-4-5-3-1;/h9-11H,5-8,12-15H2,1-4H3;1-5H;. The Morgan fingerprint density at radius 2 is 0.880 bits per heavy atom. The summed E-state index contributed by atoms with van der Waals surface area (Å²) in [6.45, 7) is 6.82. The third-order valence-electron chi connectivity index (χ3n) is 19.7. The fourth-order valence-electron chi connectivity index (χ4n) is 23.0. The zero-order chi connectivity index (χ0) is 16.7. The van der Waals surface area contributed by atoms with Crippen LogP contribution in [0.5, 0.6) is 0 Å². The minimum atomic E-state index is -3.31. The molecule has 0 N–H and O–H groups in total. The van der Waals surface area contributed by atoms with E-state index in [9.17, 15) is 0 Å². The van der Waals surface area contributed by atoms with Crippen LogP contribution in [-0.2, 0) is 6.65 Å². The van der Waals surface area contributed by atoms with Crippen LogP contribution in [-0.4, -0.2) is 32.7 Å². The first kappa shape index (κ1) is 13.6. The SMILES string of the molecule is CCCP(CCC)[C]12[CH]3[CH]4[CH]5[C]1(P(CCC)CCC)[Cr]43521678[CH]2[CH]1[CH]6[CH]7[CH]28. The van der Waals surface area contributed by atoms with Crippen molar-refractivity contribution in [2.24, 2.45) is 0 Å². The molecule has 10 fully saturated rings. The molecule has 0 nitrogen and oxygen atoms in total. The van der Waals surface area contributed by atoms with Gasteiger partial charge in [0.05, 0.1) is 0 Å². The van der Waals surface area contributed by atoms with Gasteiger partial charge >= 0.3 is 147 Å². The molecule has 4 atom stereocenters. The molecule has 0 amide bonds. The van der Waals surface area contributed by atoms with Crippen LogP contribution in [0.3, 0.4) is 0 Å². The Morgan fingerprint density at radius 1 is 0.560 bits per heavy atom. The van der Waals surface area contributed by atoms with Gasteiger partial charge in [-0.25, -0.2) is 0 Å². The van der Waals surface area contributed by atoms with Crippen molar-refractivity contribution in [1.82, 2.24) is 0 Å². The molecule has 0 bridgehead atoms. The zero-order valence-electron chi connectivity index (χ0n) is 16.6. The van der Waals surface area contributed by atoms with Crippen LogP contribution < -0.4 is 0 Å². The average molecular weight is 414 g/mol. The van der Waals surface area contributed by atoms with Gasteiger partial charge in [-0.2, -0.15) is 0 Å². The molecule has 10 aliphatic rings. The first-order chi connectivity index (χ1) is 12.0. The Hall–Kier alpha value is 1.39. The van der Waals surface area contributed by atoms with Crippen LogP contribution in [0.1, 0.15) is 53.4 Å². The molecule has 10 aliphatic heterocycles. The monoisotopic (exact) mass is 414 g/mol. The van der Waals surface area contributed by atoms with Crippen molar-refractivity contribution in [1.29, 1.82) is 0 Å². The van der Waals surface area contributed by atoms with Gasteiger partial charge in [-0.05, 0) is 0 Å². The van der Waals surface area contributed by atoms with Crippen molar-refractivity contribution in [3.05, 3.63) is 0 Å². The van der Waals surface area contributed by atoms with Crippen LogP contribution in [0.4, 0.5) is 0 Å². The molecule has 0 radical (unpaired) electrons. The van der Waals surface area contributed by atoms with E-state index >= 15 is 0 Å². The Bertz CT molecular complexity index is 1020. The number of hydrogen-bond donors (Lipinski definition) is 0. The summed E-state index contributed by atoms with van der Waals surface area (Å²) in [7, 11) is 0.882. The Morgan fingerprint density at radius 3 is 1.08 bits per heavy atom. The van der Waals surface area contributed by atoms with E-state index in [0.29, 0.717) is 15.8 Å². The molecule has 0 aromatic rings. The van der Waals surface area contributed by atoms with Crippen LogP contribution >= 0.6 is 15.8 Å². The summed E-state index contributed by atoms with van der Waals surface area (Å²) in [5.41, 5.74) is 0. The maximum absolute atomic E-state index is 3.31. The summed E-state index contributed by atoms with van der Waals surface area (Å²) in [6, 6.07) is 0. The first-order valence-corrected chi connectivity index (χ1v) is 22.6. The van der Waals surface area contributed by atoms with Gasteiger partial charge in [0, 0.05) is 0 Å². The predicted octanol–water partition coefficient (Wildman–Crippen LogP) is 7.79. The summed E-state index contributed by atoms with van der Waals surface area (Å²) in [4.78, 5) is 0. The summed E-state index contributed by atoms with van der Waals surface area (Å²) in [5, 5.41) is 0. The van der Waals surface area contributed by atoms with Gasteiger partial charge in [-0.15, -0.1) is 0 Å². The van der Waals surface area contributed by atoms with Crippen LogP contribution in [0.2, 0.25) is 38.2 Å². The van der Waals surface area contributed by atoms with Gasteiger partial charge in [0.25, 0.3) is 0 Å². The van der Waals surface area contributed by atoms with Crippen LogP contribution in [0.25, 0.3) is 0 Å². The van der Waals surface area contributed by atoms with E-state index < -0.39 is 6.65 Å². The van der Waals surface area contributed by atoms with Gasteiger partial charge in [-0.1, -0.05) is 0 Å². The molecule has 25 heavy (non-hydrogen) atoms. The van der Waals surface area contributed by atoms with Crippen LogP contribution in [0.15, 0.2) is 0 Å². The van der Waals surface area contributed by atoms with E-state index in [4.69, 9.17) is 0 Å². The molecule has 3 heteroatoms. The number of rotatable bonds is 10. The molecule has 0 aromatic heterocycles. The summed E-state index contributed by atoms with van der Waals surface area (Å²) in [5.74, 6) is 0. The van der Waals surface area contributed by atoms with Crippen molar-refractivity contribution in [3.8, 4) is 0 Å². The van der Waals surface area contributed by atoms with E-state index in [1.54, 1.807) is 62.9 Å². The number of hydrogen-bond acceptors (Lipinski definition) is 0. The fourth-order valence-corrected chi connectivity index (χ4v) is 154. The number of fused-ring (bicyclic) bond motifs is 10.